The minimum absolute atomic E-state index is 0.119. The van der Waals surface area contributed by atoms with Gasteiger partial charge in [-0.1, -0.05) is 65.3 Å². The Labute approximate surface area is 151 Å². The predicted octanol–water partition coefficient (Wildman–Crippen LogP) is 4.73. The second kappa shape index (κ2) is 6.84. The number of benzene rings is 3. The molecule has 26 heavy (non-hydrogen) atoms. The molecule has 3 aromatic carbocycles. The van der Waals surface area contributed by atoms with Gasteiger partial charge >= 0.3 is 0 Å². The van der Waals surface area contributed by atoms with E-state index in [4.69, 9.17) is 4.52 Å². The molecule has 0 aliphatic carbocycles. The van der Waals surface area contributed by atoms with Gasteiger partial charge in [0.2, 0.25) is 0 Å². The average Bonchev–Trinajstić information content (AvgIpc) is 3.11. The molecule has 1 aromatic heterocycles. The van der Waals surface area contributed by atoms with Gasteiger partial charge in [0.15, 0.2) is 5.76 Å². The number of carbonyl (C=O) groups excluding carboxylic acids is 1. The van der Waals surface area contributed by atoms with Crippen LogP contribution in [0.5, 0.6) is 0 Å². The first-order valence-corrected chi connectivity index (χ1v) is 8.49. The number of carbonyl (C=O) groups is 1. The van der Waals surface area contributed by atoms with E-state index in [1.54, 1.807) is 6.07 Å². The number of nitrogens with zero attached hydrogens (tertiary/aromatic N) is 1. The second-order valence-electron chi connectivity index (χ2n) is 6.28. The Morgan fingerprint density at radius 3 is 2.54 bits per heavy atom. The molecule has 4 nitrogen and oxygen atoms in total. The van der Waals surface area contributed by atoms with Crippen molar-refractivity contribution in [2.24, 2.45) is 0 Å². The van der Waals surface area contributed by atoms with Crippen LogP contribution in [0.15, 0.2) is 77.3 Å². The first kappa shape index (κ1) is 16.1. The van der Waals surface area contributed by atoms with E-state index in [9.17, 15) is 4.79 Å². The molecule has 4 aromatic rings. The van der Waals surface area contributed by atoms with Crippen molar-refractivity contribution < 1.29 is 9.32 Å². The molecule has 1 amide bonds. The van der Waals surface area contributed by atoms with E-state index in [1.165, 1.54) is 5.56 Å². The Hall–Kier alpha value is -3.40. The van der Waals surface area contributed by atoms with Crippen LogP contribution in [0.3, 0.4) is 0 Å². The number of rotatable bonds is 4. The molecule has 0 saturated carbocycles. The quantitative estimate of drug-likeness (QED) is 0.583. The van der Waals surface area contributed by atoms with Crippen LogP contribution in [0.4, 0.5) is 0 Å². The van der Waals surface area contributed by atoms with Crippen molar-refractivity contribution in [1.29, 1.82) is 0 Å². The fourth-order valence-electron chi connectivity index (χ4n) is 2.88. The molecule has 0 spiro atoms. The maximum absolute atomic E-state index is 12.5. The highest BCUT2D eigenvalue weighted by Crippen LogP contribution is 2.29. The third-order valence-corrected chi connectivity index (χ3v) is 4.35. The molecule has 1 heterocycles. The highest BCUT2D eigenvalue weighted by molar-refractivity contribution is 6.00. The van der Waals surface area contributed by atoms with Crippen molar-refractivity contribution in [3.63, 3.8) is 0 Å². The molecule has 4 heteroatoms. The van der Waals surface area contributed by atoms with Gasteiger partial charge in [-0.2, -0.15) is 0 Å². The van der Waals surface area contributed by atoms with Gasteiger partial charge in [0.25, 0.3) is 5.91 Å². The minimum atomic E-state index is -0.119. The SMILES string of the molecule is Cc1ccc(-c2onc3ccc(C(=O)NCc4ccccc4)cc23)cc1. The van der Waals surface area contributed by atoms with Gasteiger partial charge in [-0.25, -0.2) is 0 Å². The van der Waals surface area contributed by atoms with E-state index >= 15 is 0 Å². The normalized spacial score (nSPS) is 10.8. The summed E-state index contributed by atoms with van der Waals surface area (Å²) in [6, 6.07) is 23.3. The van der Waals surface area contributed by atoms with Crippen molar-refractivity contribution in [1.82, 2.24) is 10.5 Å². The van der Waals surface area contributed by atoms with E-state index in [0.717, 1.165) is 22.0 Å². The van der Waals surface area contributed by atoms with Crippen LogP contribution in [0.25, 0.3) is 22.2 Å². The maximum Gasteiger partial charge on any atom is 0.251 e. The zero-order chi connectivity index (χ0) is 17.9. The molecule has 1 N–H and O–H groups in total. The zero-order valence-electron chi connectivity index (χ0n) is 14.4. The first-order chi connectivity index (χ1) is 12.7. The molecule has 0 aliphatic heterocycles. The molecular weight excluding hydrogens is 324 g/mol. The van der Waals surface area contributed by atoms with Gasteiger partial charge in [-0.15, -0.1) is 0 Å². The average molecular weight is 342 g/mol. The number of hydrogen-bond donors (Lipinski definition) is 1. The van der Waals surface area contributed by atoms with E-state index < -0.39 is 0 Å². The van der Waals surface area contributed by atoms with E-state index in [2.05, 4.69) is 10.5 Å². The summed E-state index contributed by atoms with van der Waals surface area (Å²) in [6.07, 6.45) is 0. The molecule has 0 bridgehead atoms. The summed E-state index contributed by atoms with van der Waals surface area (Å²) in [5, 5.41) is 7.89. The van der Waals surface area contributed by atoms with Crippen molar-refractivity contribution in [2.45, 2.75) is 13.5 Å². The topological polar surface area (TPSA) is 55.1 Å². The van der Waals surface area contributed by atoms with E-state index in [0.29, 0.717) is 17.9 Å². The molecule has 128 valence electrons. The van der Waals surface area contributed by atoms with Crippen LogP contribution in [-0.2, 0) is 6.54 Å². The van der Waals surface area contributed by atoms with E-state index in [1.807, 2.05) is 73.7 Å². The van der Waals surface area contributed by atoms with Crippen molar-refractivity contribution >= 4 is 16.8 Å². The summed E-state index contributed by atoms with van der Waals surface area (Å²) in [6.45, 7) is 2.53. The van der Waals surface area contributed by atoms with E-state index in [-0.39, 0.29) is 5.91 Å². The molecule has 0 radical (unpaired) electrons. The number of nitrogens with one attached hydrogen (secondary N) is 1. The van der Waals surface area contributed by atoms with Crippen LogP contribution in [0, 0.1) is 6.92 Å². The Morgan fingerprint density at radius 2 is 1.77 bits per heavy atom. The number of amides is 1. The highest BCUT2D eigenvalue weighted by atomic mass is 16.5. The molecule has 0 aliphatic rings. The lowest BCUT2D eigenvalue weighted by Gasteiger charge is -2.05. The van der Waals surface area contributed by atoms with Crippen LogP contribution >= 0.6 is 0 Å². The van der Waals surface area contributed by atoms with Gasteiger partial charge in [0.1, 0.15) is 5.52 Å². The number of hydrogen-bond acceptors (Lipinski definition) is 3. The number of aromatic nitrogens is 1. The van der Waals surface area contributed by atoms with Crippen molar-refractivity contribution in [3.05, 3.63) is 89.5 Å². The lowest BCUT2D eigenvalue weighted by atomic mass is 10.0. The van der Waals surface area contributed by atoms with Gasteiger partial charge in [0, 0.05) is 17.7 Å². The van der Waals surface area contributed by atoms with Crippen LogP contribution < -0.4 is 5.32 Å². The maximum atomic E-state index is 12.5. The largest absolute Gasteiger partial charge is 0.355 e. The number of aryl methyl sites for hydroxylation is 1. The lowest BCUT2D eigenvalue weighted by molar-refractivity contribution is 0.0951. The molecule has 4 rings (SSSR count). The molecule has 0 unspecified atom stereocenters. The van der Waals surface area contributed by atoms with Crippen molar-refractivity contribution in [3.8, 4) is 11.3 Å². The standard InChI is InChI=1S/C22H18N2O2/c1-15-7-9-17(10-8-15)21-19-13-18(11-12-20(19)24-26-21)22(25)23-14-16-5-3-2-4-6-16/h2-13H,14H2,1H3,(H,23,25). The van der Waals surface area contributed by atoms with Crippen molar-refractivity contribution in [2.75, 3.05) is 0 Å². The summed E-state index contributed by atoms with van der Waals surface area (Å²) in [7, 11) is 0. The molecule has 0 atom stereocenters. The van der Waals surface area contributed by atoms with Gasteiger partial charge in [-0.3, -0.25) is 4.79 Å². The molecule has 0 saturated heterocycles. The van der Waals surface area contributed by atoms with Crippen LogP contribution in [0.1, 0.15) is 21.5 Å². The van der Waals surface area contributed by atoms with Crippen LogP contribution in [-0.4, -0.2) is 11.1 Å². The fraction of sp³-hybridized carbons (Fsp3) is 0.0909. The summed E-state index contributed by atoms with van der Waals surface area (Å²) in [4.78, 5) is 12.5. The van der Waals surface area contributed by atoms with Gasteiger partial charge in [-0.05, 0) is 30.7 Å². The Kier molecular flexibility index (Phi) is 4.23. The first-order valence-electron chi connectivity index (χ1n) is 8.49. The molecular formula is C22H18N2O2. The smallest absolute Gasteiger partial charge is 0.251 e. The Bertz CT molecular complexity index is 1050. The van der Waals surface area contributed by atoms with Crippen LogP contribution in [0.2, 0.25) is 0 Å². The summed E-state index contributed by atoms with van der Waals surface area (Å²) in [5.74, 6) is 0.560. The van der Waals surface area contributed by atoms with Gasteiger partial charge in [0.05, 0.1) is 5.39 Å². The minimum Gasteiger partial charge on any atom is -0.355 e. The monoisotopic (exact) mass is 342 g/mol. The lowest BCUT2D eigenvalue weighted by Crippen LogP contribution is -2.22. The summed E-state index contributed by atoms with van der Waals surface area (Å²) in [5.41, 5.74) is 4.51. The van der Waals surface area contributed by atoms with Gasteiger partial charge < -0.3 is 9.84 Å². The Balaban J connectivity index is 1.61. The second-order valence-corrected chi connectivity index (χ2v) is 6.28. The fourth-order valence-corrected chi connectivity index (χ4v) is 2.88. The summed E-state index contributed by atoms with van der Waals surface area (Å²) < 4.78 is 5.52. The number of fused-ring (bicyclic) bond motifs is 1. The molecule has 0 fully saturated rings. The third-order valence-electron chi connectivity index (χ3n) is 4.35. The zero-order valence-corrected chi connectivity index (χ0v) is 14.4. The summed E-state index contributed by atoms with van der Waals surface area (Å²) >= 11 is 0. The Morgan fingerprint density at radius 1 is 1.00 bits per heavy atom. The highest BCUT2D eigenvalue weighted by Gasteiger charge is 2.14. The third kappa shape index (κ3) is 3.22. The predicted molar refractivity (Wildman–Crippen MR) is 102 cm³/mol.